The van der Waals surface area contributed by atoms with Gasteiger partial charge in [-0.25, -0.2) is 0 Å². The summed E-state index contributed by atoms with van der Waals surface area (Å²) in [5.74, 6) is -0.915. The number of nitrogens with two attached hydrogens (primary N) is 1. The second kappa shape index (κ2) is 3.06. The third kappa shape index (κ3) is 1.28. The molecule has 5 N–H and O–H groups in total. The zero-order chi connectivity index (χ0) is 10.3. The van der Waals surface area contributed by atoms with Crippen LogP contribution >= 0.6 is 0 Å². The summed E-state index contributed by atoms with van der Waals surface area (Å²) in [7, 11) is 0. The lowest BCUT2D eigenvalue weighted by molar-refractivity contribution is 0.361. The van der Waals surface area contributed by atoms with Gasteiger partial charge < -0.3 is 21.1 Å². The van der Waals surface area contributed by atoms with Crippen molar-refractivity contribution in [3.05, 3.63) is 17.2 Å². The number of rotatable bonds is 0. The largest absolute Gasteiger partial charge is 0.504 e. The molecule has 0 aliphatic heterocycles. The first-order valence-corrected chi connectivity index (χ1v) is 4.61. The van der Waals surface area contributed by atoms with Gasteiger partial charge in [0.2, 0.25) is 5.75 Å². The maximum Gasteiger partial charge on any atom is 0.200 e. The molecule has 4 nitrogen and oxygen atoms in total. The molecular weight excluding hydrogens is 182 g/mol. The summed E-state index contributed by atoms with van der Waals surface area (Å²) in [6, 6.07) is 1.55. The van der Waals surface area contributed by atoms with E-state index in [2.05, 4.69) is 0 Å². The molecule has 0 saturated heterocycles. The van der Waals surface area contributed by atoms with Gasteiger partial charge in [-0.2, -0.15) is 0 Å². The maximum absolute atomic E-state index is 9.56. The Labute approximate surface area is 81.6 Å². The van der Waals surface area contributed by atoms with Gasteiger partial charge in [-0.1, -0.05) is 0 Å². The van der Waals surface area contributed by atoms with E-state index in [9.17, 15) is 15.3 Å². The zero-order valence-electron chi connectivity index (χ0n) is 7.70. The summed E-state index contributed by atoms with van der Waals surface area (Å²) in [6.07, 6.45) is 2.08. The van der Waals surface area contributed by atoms with E-state index in [1.54, 1.807) is 0 Å². The lowest BCUT2D eigenvalue weighted by Crippen LogP contribution is -2.27. The van der Waals surface area contributed by atoms with Gasteiger partial charge in [0.25, 0.3) is 0 Å². The highest BCUT2D eigenvalue weighted by Gasteiger charge is 2.22. The molecule has 76 valence electrons. The van der Waals surface area contributed by atoms with Crippen molar-refractivity contribution in [2.45, 2.75) is 25.3 Å². The Morgan fingerprint density at radius 2 is 1.93 bits per heavy atom. The fourth-order valence-electron chi connectivity index (χ4n) is 1.91. The molecule has 0 bridgehead atoms. The second-order valence-corrected chi connectivity index (χ2v) is 3.73. The molecular formula is C10H13NO3. The normalized spacial score (nSPS) is 20.5. The second-order valence-electron chi connectivity index (χ2n) is 3.73. The lowest BCUT2D eigenvalue weighted by Gasteiger charge is -2.22. The van der Waals surface area contributed by atoms with E-state index in [0.717, 1.165) is 12.0 Å². The SMILES string of the molecule is N[C@@H]1CCc2c(cc(O)c(O)c2O)C1. The lowest BCUT2D eigenvalue weighted by atomic mass is 9.87. The van der Waals surface area contributed by atoms with Crippen LogP contribution in [0.2, 0.25) is 0 Å². The van der Waals surface area contributed by atoms with Crippen molar-refractivity contribution in [1.82, 2.24) is 0 Å². The average Bonchev–Trinajstić information content (AvgIpc) is 2.14. The van der Waals surface area contributed by atoms with Gasteiger partial charge >= 0.3 is 0 Å². The number of phenolic OH excluding ortho intramolecular Hbond substituents is 3. The number of phenols is 3. The first-order chi connectivity index (χ1) is 6.59. The van der Waals surface area contributed by atoms with Crippen molar-refractivity contribution in [2.75, 3.05) is 0 Å². The van der Waals surface area contributed by atoms with Gasteiger partial charge in [0.1, 0.15) is 0 Å². The molecule has 4 heteroatoms. The van der Waals surface area contributed by atoms with Gasteiger partial charge in [0.05, 0.1) is 0 Å². The zero-order valence-corrected chi connectivity index (χ0v) is 7.70. The van der Waals surface area contributed by atoms with Gasteiger partial charge in [-0.15, -0.1) is 0 Å². The molecule has 0 fully saturated rings. The van der Waals surface area contributed by atoms with E-state index in [-0.39, 0.29) is 17.5 Å². The Kier molecular flexibility index (Phi) is 2.00. The Hall–Kier alpha value is -1.42. The molecule has 2 rings (SSSR count). The Morgan fingerprint density at radius 3 is 2.64 bits per heavy atom. The molecule has 1 aliphatic rings. The van der Waals surface area contributed by atoms with Crippen LogP contribution in [0.5, 0.6) is 17.2 Å². The van der Waals surface area contributed by atoms with Gasteiger partial charge in [-0.05, 0) is 30.9 Å². The van der Waals surface area contributed by atoms with E-state index in [1.165, 1.54) is 6.07 Å². The summed E-state index contributed by atoms with van der Waals surface area (Å²) >= 11 is 0. The van der Waals surface area contributed by atoms with Crippen LogP contribution in [-0.2, 0) is 12.8 Å². The Balaban J connectivity index is 2.54. The van der Waals surface area contributed by atoms with E-state index in [0.29, 0.717) is 18.4 Å². The molecule has 0 heterocycles. The maximum atomic E-state index is 9.56. The minimum atomic E-state index is -0.431. The quantitative estimate of drug-likeness (QED) is 0.457. The van der Waals surface area contributed by atoms with Crippen molar-refractivity contribution < 1.29 is 15.3 Å². The third-order valence-corrected chi connectivity index (χ3v) is 2.70. The molecule has 0 unspecified atom stereocenters. The fourth-order valence-corrected chi connectivity index (χ4v) is 1.91. The summed E-state index contributed by atoms with van der Waals surface area (Å²) in [5, 5.41) is 28.1. The van der Waals surface area contributed by atoms with Crippen LogP contribution < -0.4 is 5.73 Å². The third-order valence-electron chi connectivity index (χ3n) is 2.70. The minimum Gasteiger partial charge on any atom is -0.504 e. The molecule has 14 heavy (non-hydrogen) atoms. The molecule has 0 amide bonds. The van der Waals surface area contributed by atoms with Crippen molar-refractivity contribution in [1.29, 1.82) is 0 Å². The molecule has 0 spiro atoms. The first kappa shape index (κ1) is 9.15. The summed E-state index contributed by atoms with van der Waals surface area (Å²) in [6.45, 7) is 0. The predicted octanol–water partition coefficient (Wildman–Crippen LogP) is 0.619. The standard InChI is InChI=1S/C10H13NO3/c11-6-1-2-7-5(3-6)4-8(12)10(14)9(7)13/h4,6,12-14H,1-3,11H2/t6-/m1/s1. The van der Waals surface area contributed by atoms with Crippen LogP contribution in [-0.4, -0.2) is 21.4 Å². The molecule has 0 radical (unpaired) electrons. The Bertz CT molecular complexity index is 376. The highest BCUT2D eigenvalue weighted by Crippen LogP contribution is 2.41. The minimum absolute atomic E-state index is 0.0749. The molecule has 1 atom stereocenters. The summed E-state index contributed by atoms with van der Waals surface area (Å²) in [4.78, 5) is 0. The summed E-state index contributed by atoms with van der Waals surface area (Å²) < 4.78 is 0. The van der Waals surface area contributed by atoms with E-state index < -0.39 is 5.75 Å². The van der Waals surface area contributed by atoms with Crippen molar-refractivity contribution >= 4 is 0 Å². The number of hydrogen-bond acceptors (Lipinski definition) is 4. The van der Waals surface area contributed by atoms with Crippen molar-refractivity contribution in [3.63, 3.8) is 0 Å². The topological polar surface area (TPSA) is 86.7 Å². The highest BCUT2D eigenvalue weighted by atomic mass is 16.3. The number of hydrogen-bond donors (Lipinski definition) is 4. The molecule has 1 aromatic rings. The summed E-state index contributed by atoms with van der Waals surface area (Å²) in [5.41, 5.74) is 7.30. The average molecular weight is 195 g/mol. The van der Waals surface area contributed by atoms with Gasteiger partial charge in [0, 0.05) is 11.6 Å². The van der Waals surface area contributed by atoms with Crippen LogP contribution in [0.4, 0.5) is 0 Å². The number of benzene rings is 1. The van der Waals surface area contributed by atoms with Crippen molar-refractivity contribution in [2.24, 2.45) is 5.73 Å². The number of fused-ring (bicyclic) bond motifs is 1. The van der Waals surface area contributed by atoms with E-state index >= 15 is 0 Å². The smallest absolute Gasteiger partial charge is 0.200 e. The monoisotopic (exact) mass is 195 g/mol. The van der Waals surface area contributed by atoms with Crippen LogP contribution in [0.1, 0.15) is 17.5 Å². The molecule has 0 aromatic heterocycles. The van der Waals surface area contributed by atoms with Crippen LogP contribution in [0, 0.1) is 0 Å². The fraction of sp³-hybridized carbons (Fsp3) is 0.400. The van der Waals surface area contributed by atoms with E-state index in [4.69, 9.17) is 5.73 Å². The van der Waals surface area contributed by atoms with Crippen LogP contribution in [0.3, 0.4) is 0 Å². The molecule has 1 aromatic carbocycles. The number of aromatic hydroxyl groups is 3. The van der Waals surface area contributed by atoms with Gasteiger partial charge in [-0.3, -0.25) is 0 Å². The van der Waals surface area contributed by atoms with E-state index in [1.807, 2.05) is 0 Å². The molecule has 0 saturated carbocycles. The predicted molar refractivity (Wildman–Crippen MR) is 51.4 cm³/mol. The highest BCUT2D eigenvalue weighted by molar-refractivity contribution is 5.57. The Morgan fingerprint density at radius 1 is 1.21 bits per heavy atom. The van der Waals surface area contributed by atoms with Crippen LogP contribution in [0.15, 0.2) is 6.07 Å². The van der Waals surface area contributed by atoms with Crippen LogP contribution in [0.25, 0.3) is 0 Å². The van der Waals surface area contributed by atoms with Crippen molar-refractivity contribution in [3.8, 4) is 17.2 Å². The van der Waals surface area contributed by atoms with Gasteiger partial charge in [0.15, 0.2) is 11.5 Å². The molecule has 1 aliphatic carbocycles. The first-order valence-electron chi connectivity index (χ1n) is 4.61.